The molecule has 0 amide bonds. The Morgan fingerprint density at radius 2 is 2.05 bits per heavy atom. The summed E-state index contributed by atoms with van der Waals surface area (Å²) >= 11 is 0. The number of rotatable bonds is 6. The summed E-state index contributed by atoms with van der Waals surface area (Å²) in [4.78, 5) is 13.9. The summed E-state index contributed by atoms with van der Waals surface area (Å²) in [6, 6.07) is 0.616. The van der Waals surface area contributed by atoms with Crippen LogP contribution in [0.1, 0.15) is 39.2 Å². The molecule has 0 spiro atoms. The van der Waals surface area contributed by atoms with Gasteiger partial charge in [0.2, 0.25) is 0 Å². The van der Waals surface area contributed by atoms with Crippen LogP contribution in [0.25, 0.3) is 0 Å². The second kappa shape index (κ2) is 7.59. The van der Waals surface area contributed by atoms with Gasteiger partial charge in [-0.25, -0.2) is 9.97 Å². The fraction of sp³-hybridized carbons (Fsp3) is 0.750. The Hall–Kier alpha value is -1.36. The molecule has 1 aromatic heterocycles. The van der Waals surface area contributed by atoms with Gasteiger partial charge in [-0.2, -0.15) is 0 Å². The summed E-state index contributed by atoms with van der Waals surface area (Å²) in [5.41, 5.74) is 1.25. The molecule has 0 saturated carbocycles. The third-order valence-electron chi connectivity index (χ3n) is 4.37. The molecule has 0 bridgehead atoms. The Morgan fingerprint density at radius 3 is 2.71 bits per heavy atom. The van der Waals surface area contributed by atoms with E-state index in [0.29, 0.717) is 6.04 Å². The van der Waals surface area contributed by atoms with E-state index in [0.717, 1.165) is 50.7 Å². The smallest absolute Gasteiger partial charge is 0.137 e. The number of anilines is 2. The lowest BCUT2D eigenvalue weighted by Gasteiger charge is -2.40. The minimum atomic E-state index is 0.616. The second-order valence-corrected chi connectivity index (χ2v) is 5.79. The Kier molecular flexibility index (Phi) is 5.79. The number of likely N-dealkylation sites (N-methyl/N-ethyl adjacent to an activating group) is 1. The number of aromatic nitrogens is 2. The average molecular weight is 291 g/mol. The van der Waals surface area contributed by atoms with E-state index in [2.05, 4.69) is 52.9 Å². The highest BCUT2D eigenvalue weighted by Crippen LogP contribution is 2.26. The molecule has 1 aromatic rings. The molecule has 1 aliphatic heterocycles. The van der Waals surface area contributed by atoms with Gasteiger partial charge in [-0.1, -0.05) is 20.8 Å². The predicted octanol–water partition coefficient (Wildman–Crippen LogP) is 2.39. The molecule has 0 radical (unpaired) electrons. The lowest BCUT2D eigenvalue weighted by Crippen LogP contribution is -2.51. The Labute approximate surface area is 128 Å². The first-order valence-corrected chi connectivity index (χ1v) is 8.24. The largest absolute Gasteiger partial charge is 0.370 e. The van der Waals surface area contributed by atoms with Gasteiger partial charge < -0.3 is 10.2 Å². The topological polar surface area (TPSA) is 44.3 Å². The summed E-state index contributed by atoms with van der Waals surface area (Å²) in [5, 5.41) is 3.44. The van der Waals surface area contributed by atoms with Crippen molar-refractivity contribution in [2.75, 3.05) is 43.4 Å². The predicted molar refractivity (Wildman–Crippen MR) is 89.1 cm³/mol. The first-order valence-electron chi connectivity index (χ1n) is 8.24. The maximum atomic E-state index is 4.59. The van der Waals surface area contributed by atoms with Crippen LogP contribution in [0.3, 0.4) is 0 Å². The molecule has 2 rings (SSSR count). The first-order chi connectivity index (χ1) is 10.2. The molecule has 1 saturated heterocycles. The molecule has 5 heteroatoms. The molecule has 118 valence electrons. The Bertz CT molecular complexity index is 448. The van der Waals surface area contributed by atoms with Crippen LogP contribution in [0.15, 0.2) is 6.33 Å². The summed E-state index contributed by atoms with van der Waals surface area (Å²) < 4.78 is 0. The molecule has 1 atom stereocenters. The molecule has 1 unspecified atom stereocenters. The van der Waals surface area contributed by atoms with Crippen LogP contribution < -0.4 is 10.2 Å². The molecule has 21 heavy (non-hydrogen) atoms. The van der Waals surface area contributed by atoms with E-state index in [1.807, 2.05) is 0 Å². The maximum absolute atomic E-state index is 4.59. The fourth-order valence-electron chi connectivity index (χ4n) is 2.98. The van der Waals surface area contributed by atoms with Crippen molar-refractivity contribution in [3.63, 3.8) is 0 Å². The molecular weight excluding hydrogens is 262 g/mol. The number of hydrogen-bond acceptors (Lipinski definition) is 5. The van der Waals surface area contributed by atoms with Crippen molar-refractivity contribution in [2.24, 2.45) is 0 Å². The Balaban J connectivity index is 2.22. The van der Waals surface area contributed by atoms with E-state index < -0.39 is 0 Å². The van der Waals surface area contributed by atoms with E-state index in [1.54, 1.807) is 6.33 Å². The highest BCUT2D eigenvalue weighted by Gasteiger charge is 2.25. The van der Waals surface area contributed by atoms with Crippen LogP contribution in [0.5, 0.6) is 0 Å². The van der Waals surface area contributed by atoms with E-state index in [4.69, 9.17) is 0 Å². The monoisotopic (exact) mass is 291 g/mol. The van der Waals surface area contributed by atoms with Crippen molar-refractivity contribution in [3.8, 4) is 0 Å². The Morgan fingerprint density at radius 1 is 1.24 bits per heavy atom. The van der Waals surface area contributed by atoms with Gasteiger partial charge in [0.25, 0.3) is 0 Å². The van der Waals surface area contributed by atoms with Gasteiger partial charge in [0.15, 0.2) is 0 Å². The normalized spacial score (nSPS) is 19.8. The molecule has 2 heterocycles. The quantitative estimate of drug-likeness (QED) is 0.872. The van der Waals surface area contributed by atoms with Crippen LogP contribution in [0, 0.1) is 0 Å². The van der Waals surface area contributed by atoms with Gasteiger partial charge in [-0.15, -0.1) is 0 Å². The fourth-order valence-corrected chi connectivity index (χ4v) is 2.98. The zero-order valence-electron chi connectivity index (χ0n) is 13.9. The minimum absolute atomic E-state index is 0.616. The number of piperazine rings is 1. The van der Waals surface area contributed by atoms with Crippen molar-refractivity contribution >= 4 is 11.6 Å². The molecular formula is C16H29N5. The van der Waals surface area contributed by atoms with Gasteiger partial charge in [0.1, 0.15) is 18.0 Å². The van der Waals surface area contributed by atoms with Crippen molar-refractivity contribution in [1.29, 1.82) is 0 Å². The van der Waals surface area contributed by atoms with Crippen LogP contribution in [0.4, 0.5) is 11.6 Å². The zero-order chi connectivity index (χ0) is 15.2. The van der Waals surface area contributed by atoms with Gasteiger partial charge in [0, 0.05) is 37.8 Å². The summed E-state index contributed by atoms with van der Waals surface area (Å²) in [6.07, 6.45) is 4.95. The van der Waals surface area contributed by atoms with Crippen molar-refractivity contribution in [2.45, 2.75) is 46.1 Å². The number of hydrogen-bond donors (Lipinski definition) is 1. The average Bonchev–Trinajstić information content (AvgIpc) is 2.53. The highest BCUT2D eigenvalue weighted by molar-refractivity contribution is 5.59. The van der Waals surface area contributed by atoms with Gasteiger partial charge >= 0.3 is 0 Å². The third-order valence-corrected chi connectivity index (χ3v) is 4.37. The maximum Gasteiger partial charge on any atom is 0.137 e. The van der Waals surface area contributed by atoms with Crippen LogP contribution in [-0.2, 0) is 6.42 Å². The summed E-state index contributed by atoms with van der Waals surface area (Å²) in [5.74, 6) is 2.13. The first kappa shape index (κ1) is 16.0. The molecule has 0 aliphatic carbocycles. The van der Waals surface area contributed by atoms with E-state index in [9.17, 15) is 0 Å². The lowest BCUT2D eigenvalue weighted by molar-refractivity contribution is 0.212. The van der Waals surface area contributed by atoms with E-state index >= 15 is 0 Å². The van der Waals surface area contributed by atoms with Crippen molar-refractivity contribution in [3.05, 3.63) is 11.9 Å². The molecule has 0 aromatic carbocycles. The van der Waals surface area contributed by atoms with Crippen molar-refractivity contribution in [1.82, 2.24) is 14.9 Å². The number of nitrogens with one attached hydrogen (secondary N) is 1. The summed E-state index contributed by atoms with van der Waals surface area (Å²) in [7, 11) is 2.22. The second-order valence-electron chi connectivity index (χ2n) is 5.79. The standard InChI is InChI=1S/C16H29N5/c1-5-8-17-15-14(7-3)16(19-12-18-15)21-10-9-20(4)13(6-2)11-21/h12-13H,5-11H2,1-4H3,(H,17,18,19). The minimum Gasteiger partial charge on any atom is -0.370 e. The molecule has 1 aliphatic rings. The summed E-state index contributed by atoms with van der Waals surface area (Å²) in [6.45, 7) is 10.8. The van der Waals surface area contributed by atoms with Crippen molar-refractivity contribution < 1.29 is 0 Å². The lowest BCUT2D eigenvalue weighted by atomic mass is 10.1. The molecule has 1 N–H and O–H groups in total. The van der Waals surface area contributed by atoms with Crippen LogP contribution in [-0.4, -0.2) is 54.1 Å². The van der Waals surface area contributed by atoms with Crippen LogP contribution in [0.2, 0.25) is 0 Å². The van der Waals surface area contributed by atoms with Crippen LogP contribution >= 0.6 is 0 Å². The van der Waals surface area contributed by atoms with Gasteiger partial charge in [0.05, 0.1) is 0 Å². The SMILES string of the molecule is CCCNc1ncnc(N2CCN(C)C(CC)C2)c1CC. The van der Waals surface area contributed by atoms with Gasteiger partial charge in [-0.05, 0) is 26.3 Å². The number of nitrogens with zero attached hydrogens (tertiary/aromatic N) is 4. The van der Waals surface area contributed by atoms with Gasteiger partial charge in [-0.3, -0.25) is 4.90 Å². The zero-order valence-corrected chi connectivity index (χ0v) is 13.9. The van der Waals surface area contributed by atoms with E-state index in [1.165, 1.54) is 12.0 Å². The molecule has 1 fully saturated rings. The van der Waals surface area contributed by atoms with E-state index in [-0.39, 0.29) is 0 Å². The highest BCUT2D eigenvalue weighted by atomic mass is 15.3. The third kappa shape index (κ3) is 3.64. The molecule has 5 nitrogen and oxygen atoms in total.